The first-order valence-corrected chi connectivity index (χ1v) is 6.61. The summed E-state index contributed by atoms with van der Waals surface area (Å²) in [5.74, 6) is 0.761. The summed E-state index contributed by atoms with van der Waals surface area (Å²) < 4.78 is 5.10. The first-order chi connectivity index (χ1) is 9.65. The number of halogens is 2. The number of nitrogens with zero attached hydrogens (tertiary/aromatic N) is 1. The second kappa shape index (κ2) is 6.47. The van der Waals surface area contributed by atoms with E-state index in [9.17, 15) is 5.26 Å². The Labute approximate surface area is 127 Å². The van der Waals surface area contributed by atoms with Crippen LogP contribution < -0.4 is 4.74 Å². The van der Waals surface area contributed by atoms with Crippen LogP contribution >= 0.6 is 23.2 Å². The number of hydrogen-bond acceptors (Lipinski definition) is 2. The minimum atomic E-state index is 0.422. The highest BCUT2D eigenvalue weighted by molar-refractivity contribution is 6.38. The second-order valence-electron chi connectivity index (χ2n) is 4.04. The summed E-state index contributed by atoms with van der Waals surface area (Å²) in [5, 5.41) is 10.2. The van der Waals surface area contributed by atoms with Crippen molar-refractivity contribution in [3.8, 4) is 11.8 Å². The molecule has 0 N–H and O–H groups in total. The molecule has 0 aliphatic rings. The van der Waals surface area contributed by atoms with Gasteiger partial charge >= 0.3 is 0 Å². The van der Waals surface area contributed by atoms with Gasteiger partial charge in [-0.1, -0.05) is 41.4 Å². The van der Waals surface area contributed by atoms with E-state index in [2.05, 4.69) is 6.07 Å². The van der Waals surface area contributed by atoms with Crippen LogP contribution in [0.5, 0.6) is 5.75 Å². The van der Waals surface area contributed by atoms with Gasteiger partial charge in [0, 0.05) is 5.56 Å². The van der Waals surface area contributed by atoms with E-state index in [0.29, 0.717) is 21.2 Å². The summed E-state index contributed by atoms with van der Waals surface area (Å²) in [6.45, 7) is 0. The van der Waals surface area contributed by atoms with Crippen LogP contribution in [0, 0.1) is 11.3 Å². The number of rotatable bonds is 3. The molecule has 0 bridgehead atoms. The van der Waals surface area contributed by atoms with Crippen LogP contribution in [0.3, 0.4) is 0 Å². The highest BCUT2D eigenvalue weighted by atomic mass is 35.5. The predicted octanol–water partition coefficient (Wildman–Crippen LogP) is 5.07. The van der Waals surface area contributed by atoms with Gasteiger partial charge in [0.15, 0.2) is 0 Å². The summed E-state index contributed by atoms with van der Waals surface area (Å²) in [6, 6.07) is 14.7. The number of nitriles is 1. The summed E-state index contributed by atoms with van der Waals surface area (Å²) >= 11 is 12.2. The predicted molar refractivity (Wildman–Crippen MR) is 82.9 cm³/mol. The molecule has 0 atom stereocenters. The van der Waals surface area contributed by atoms with E-state index in [0.717, 1.165) is 11.3 Å². The molecule has 2 aromatic carbocycles. The van der Waals surface area contributed by atoms with Gasteiger partial charge in [0.05, 0.1) is 28.8 Å². The van der Waals surface area contributed by atoms with Crippen molar-refractivity contribution in [2.75, 3.05) is 7.11 Å². The van der Waals surface area contributed by atoms with Crippen molar-refractivity contribution in [3.63, 3.8) is 0 Å². The zero-order chi connectivity index (χ0) is 14.5. The van der Waals surface area contributed by atoms with Gasteiger partial charge in [0.2, 0.25) is 0 Å². The highest BCUT2D eigenvalue weighted by Crippen LogP contribution is 2.32. The van der Waals surface area contributed by atoms with Crippen molar-refractivity contribution in [2.45, 2.75) is 0 Å². The lowest BCUT2D eigenvalue weighted by atomic mass is 10.0. The number of hydrogen-bond donors (Lipinski definition) is 0. The molecule has 0 heterocycles. The Morgan fingerprint density at radius 1 is 1.10 bits per heavy atom. The third-order valence-corrected chi connectivity index (χ3v) is 3.41. The van der Waals surface area contributed by atoms with Crippen molar-refractivity contribution < 1.29 is 4.74 Å². The molecule has 0 saturated carbocycles. The molecular formula is C16H11Cl2NO. The van der Waals surface area contributed by atoms with E-state index in [4.69, 9.17) is 27.9 Å². The standard InChI is InChI=1S/C16H11Cl2NO/c1-20-13-7-5-11(6-8-13)9-12(10-19)16-14(17)3-2-4-15(16)18/h2-9H,1H3/b12-9+. The Morgan fingerprint density at radius 2 is 1.70 bits per heavy atom. The SMILES string of the molecule is COc1ccc(/C=C(\C#N)c2c(Cl)cccc2Cl)cc1. The first-order valence-electron chi connectivity index (χ1n) is 5.86. The van der Waals surface area contributed by atoms with E-state index in [1.54, 1.807) is 31.4 Å². The number of methoxy groups -OCH3 is 1. The average Bonchev–Trinajstić information content (AvgIpc) is 2.46. The van der Waals surface area contributed by atoms with Gasteiger partial charge in [-0.15, -0.1) is 0 Å². The van der Waals surface area contributed by atoms with Gasteiger partial charge in [0.1, 0.15) is 5.75 Å². The van der Waals surface area contributed by atoms with Gasteiger partial charge in [-0.2, -0.15) is 5.26 Å². The Morgan fingerprint density at radius 3 is 2.20 bits per heavy atom. The molecule has 0 aliphatic heterocycles. The fraction of sp³-hybridized carbons (Fsp3) is 0.0625. The van der Waals surface area contributed by atoms with E-state index < -0.39 is 0 Å². The fourth-order valence-electron chi connectivity index (χ4n) is 1.78. The van der Waals surface area contributed by atoms with Crippen LogP contribution in [0.4, 0.5) is 0 Å². The minimum absolute atomic E-state index is 0.422. The monoisotopic (exact) mass is 303 g/mol. The highest BCUT2D eigenvalue weighted by Gasteiger charge is 2.10. The van der Waals surface area contributed by atoms with E-state index in [-0.39, 0.29) is 0 Å². The molecule has 0 spiro atoms. The van der Waals surface area contributed by atoms with E-state index in [1.807, 2.05) is 24.3 Å². The lowest BCUT2D eigenvalue weighted by Crippen LogP contribution is -1.86. The van der Waals surface area contributed by atoms with Gasteiger partial charge < -0.3 is 4.74 Å². The smallest absolute Gasteiger partial charge is 0.118 e. The van der Waals surface area contributed by atoms with Crippen molar-refractivity contribution >= 4 is 34.9 Å². The maximum Gasteiger partial charge on any atom is 0.118 e. The molecule has 2 rings (SSSR count). The summed E-state index contributed by atoms with van der Waals surface area (Å²) in [4.78, 5) is 0. The van der Waals surface area contributed by atoms with Crippen LogP contribution in [0.2, 0.25) is 10.0 Å². The summed E-state index contributed by atoms with van der Waals surface area (Å²) in [5.41, 5.74) is 1.85. The van der Waals surface area contributed by atoms with Gasteiger partial charge in [-0.25, -0.2) is 0 Å². The quantitative estimate of drug-likeness (QED) is 0.586. The molecule has 20 heavy (non-hydrogen) atoms. The van der Waals surface area contributed by atoms with Crippen LogP contribution in [0.25, 0.3) is 11.6 Å². The minimum Gasteiger partial charge on any atom is -0.497 e. The Balaban J connectivity index is 2.46. The molecule has 2 aromatic rings. The molecule has 0 aliphatic carbocycles. The zero-order valence-electron chi connectivity index (χ0n) is 10.7. The van der Waals surface area contributed by atoms with E-state index in [1.165, 1.54) is 0 Å². The molecule has 0 amide bonds. The van der Waals surface area contributed by atoms with Gasteiger partial charge in [0.25, 0.3) is 0 Å². The third kappa shape index (κ3) is 3.14. The molecule has 0 saturated heterocycles. The molecule has 0 aromatic heterocycles. The molecule has 4 heteroatoms. The van der Waals surface area contributed by atoms with Crippen molar-refractivity contribution in [1.29, 1.82) is 5.26 Å². The first kappa shape index (κ1) is 14.5. The van der Waals surface area contributed by atoms with Crippen LogP contribution in [-0.4, -0.2) is 7.11 Å². The Kier molecular flexibility index (Phi) is 4.68. The fourth-order valence-corrected chi connectivity index (χ4v) is 2.38. The number of benzene rings is 2. The molecular weight excluding hydrogens is 293 g/mol. The van der Waals surface area contributed by atoms with Crippen molar-refractivity contribution in [3.05, 3.63) is 63.6 Å². The topological polar surface area (TPSA) is 33.0 Å². The van der Waals surface area contributed by atoms with Crippen LogP contribution in [0.1, 0.15) is 11.1 Å². The Hall–Kier alpha value is -1.95. The molecule has 2 nitrogen and oxygen atoms in total. The molecule has 0 unspecified atom stereocenters. The lowest BCUT2D eigenvalue weighted by Gasteiger charge is -2.06. The van der Waals surface area contributed by atoms with Crippen molar-refractivity contribution in [1.82, 2.24) is 0 Å². The zero-order valence-corrected chi connectivity index (χ0v) is 12.2. The van der Waals surface area contributed by atoms with Gasteiger partial charge in [-0.05, 0) is 35.9 Å². The van der Waals surface area contributed by atoms with Crippen LogP contribution in [0.15, 0.2) is 42.5 Å². The third-order valence-electron chi connectivity index (χ3n) is 2.78. The normalized spacial score (nSPS) is 11.0. The van der Waals surface area contributed by atoms with Crippen molar-refractivity contribution in [2.24, 2.45) is 0 Å². The maximum absolute atomic E-state index is 9.33. The number of allylic oxidation sites excluding steroid dienone is 1. The average molecular weight is 304 g/mol. The number of ether oxygens (including phenoxy) is 1. The second-order valence-corrected chi connectivity index (χ2v) is 4.85. The lowest BCUT2D eigenvalue weighted by molar-refractivity contribution is 0.415. The molecule has 0 fully saturated rings. The Bertz CT molecular complexity index is 664. The summed E-state index contributed by atoms with van der Waals surface area (Å²) in [7, 11) is 1.61. The molecule has 100 valence electrons. The maximum atomic E-state index is 9.33. The largest absolute Gasteiger partial charge is 0.497 e. The molecule has 0 radical (unpaired) electrons. The van der Waals surface area contributed by atoms with E-state index >= 15 is 0 Å². The van der Waals surface area contributed by atoms with Crippen LogP contribution in [-0.2, 0) is 0 Å². The van der Waals surface area contributed by atoms with Gasteiger partial charge in [-0.3, -0.25) is 0 Å². The summed E-state index contributed by atoms with van der Waals surface area (Å²) in [6.07, 6.45) is 1.74.